The molecule has 0 amide bonds. The topological polar surface area (TPSA) is 141 Å². The third-order valence-corrected chi connectivity index (χ3v) is 6.12. The van der Waals surface area contributed by atoms with E-state index in [1.807, 2.05) is 12.1 Å². The Labute approximate surface area is 222 Å². The quantitative estimate of drug-likeness (QED) is 0.568. The van der Waals surface area contributed by atoms with Crippen LogP contribution in [0.25, 0.3) is 0 Å². The van der Waals surface area contributed by atoms with Crippen molar-refractivity contribution >= 4 is 11.9 Å². The second-order valence-electron chi connectivity index (χ2n) is 9.01. The summed E-state index contributed by atoms with van der Waals surface area (Å²) in [6.07, 6.45) is 2.25. The highest BCUT2D eigenvalue weighted by atomic mass is 16.5. The number of pyridine rings is 2. The van der Waals surface area contributed by atoms with Crippen molar-refractivity contribution in [1.29, 1.82) is 0 Å². The molecule has 1 fully saturated rings. The molecule has 0 radical (unpaired) electrons. The van der Waals surface area contributed by atoms with Gasteiger partial charge < -0.3 is 29.2 Å². The van der Waals surface area contributed by atoms with E-state index in [2.05, 4.69) is 14.9 Å². The van der Waals surface area contributed by atoms with Crippen LogP contribution < -0.4 is 0 Å². The fraction of sp³-hybridized carbons (Fsp3) is 0.556. The molecule has 0 spiro atoms. The minimum atomic E-state index is -1.05. The Morgan fingerprint density at radius 3 is 1.71 bits per heavy atom. The summed E-state index contributed by atoms with van der Waals surface area (Å²) in [5, 5.41) is 18.4. The first-order valence-corrected chi connectivity index (χ1v) is 12.9. The van der Waals surface area contributed by atoms with Gasteiger partial charge in [-0.15, -0.1) is 0 Å². The number of rotatable bonds is 6. The van der Waals surface area contributed by atoms with E-state index in [4.69, 9.17) is 18.9 Å². The van der Waals surface area contributed by atoms with Crippen LogP contribution in [0.5, 0.6) is 0 Å². The Bertz CT molecular complexity index is 906. The number of hydrogen-bond donors (Lipinski definition) is 2. The summed E-state index contributed by atoms with van der Waals surface area (Å²) in [7, 11) is 0. The summed E-state index contributed by atoms with van der Waals surface area (Å²) in [6, 6.07) is 10.1. The van der Waals surface area contributed by atoms with Gasteiger partial charge in [0.05, 0.1) is 45.3 Å². The lowest BCUT2D eigenvalue weighted by atomic mass is 9.96. The van der Waals surface area contributed by atoms with Gasteiger partial charge in [-0.25, -0.2) is 19.6 Å². The molecule has 1 aliphatic rings. The van der Waals surface area contributed by atoms with Crippen LogP contribution in [0, 0.1) is 5.92 Å². The van der Waals surface area contributed by atoms with E-state index in [9.17, 15) is 19.8 Å². The number of aromatic carboxylic acids is 2. The minimum absolute atomic E-state index is 0.0259. The zero-order valence-corrected chi connectivity index (χ0v) is 21.6. The summed E-state index contributed by atoms with van der Waals surface area (Å²) in [5.41, 5.74) is 1.50. The molecule has 2 aromatic rings. The zero-order chi connectivity index (χ0) is 27.0. The molecule has 1 aliphatic heterocycles. The van der Waals surface area contributed by atoms with Gasteiger partial charge in [0.1, 0.15) is 11.4 Å². The lowest BCUT2D eigenvalue weighted by Gasteiger charge is -2.22. The Hall–Kier alpha value is -2.96. The van der Waals surface area contributed by atoms with E-state index in [0.29, 0.717) is 84.6 Å². The third-order valence-electron chi connectivity index (χ3n) is 6.12. The van der Waals surface area contributed by atoms with Gasteiger partial charge in [0, 0.05) is 38.5 Å². The van der Waals surface area contributed by atoms with E-state index in [0.717, 1.165) is 18.5 Å². The summed E-state index contributed by atoms with van der Waals surface area (Å²) in [5.74, 6) is -1.84. The van der Waals surface area contributed by atoms with Crippen LogP contribution in [0.3, 0.4) is 0 Å². The maximum Gasteiger partial charge on any atom is 0.354 e. The smallest absolute Gasteiger partial charge is 0.354 e. The first-order chi connectivity index (χ1) is 18.5. The van der Waals surface area contributed by atoms with Gasteiger partial charge in [0.15, 0.2) is 0 Å². The van der Waals surface area contributed by atoms with E-state index in [1.165, 1.54) is 12.1 Å². The number of carbonyl (C=O) groups is 2. The van der Waals surface area contributed by atoms with Gasteiger partial charge in [-0.3, -0.25) is 4.90 Å². The molecule has 0 saturated carbocycles. The van der Waals surface area contributed by atoms with E-state index in [-0.39, 0.29) is 17.3 Å². The molecule has 0 unspecified atom stereocenters. The summed E-state index contributed by atoms with van der Waals surface area (Å²) >= 11 is 0. The second kappa shape index (κ2) is 16.8. The summed E-state index contributed by atoms with van der Waals surface area (Å²) in [4.78, 5) is 33.1. The van der Waals surface area contributed by atoms with Crippen LogP contribution in [-0.2, 0) is 31.9 Å². The molecule has 0 atom stereocenters. The SMILES string of the molecule is O=C(O)c1cccc(CC2CCOCCOCCN(Cc3cccc(C(=O)O)n3)CCOCCOCC2)n1. The van der Waals surface area contributed by atoms with Crippen molar-refractivity contribution in [2.45, 2.75) is 25.8 Å². The monoisotopic (exact) mass is 531 g/mol. The molecule has 2 aromatic heterocycles. The van der Waals surface area contributed by atoms with Crippen LogP contribution in [0.4, 0.5) is 0 Å². The molecule has 38 heavy (non-hydrogen) atoms. The van der Waals surface area contributed by atoms with Crippen LogP contribution in [0.1, 0.15) is 45.2 Å². The number of carboxylic acid groups (broad SMARTS) is 2. The average molecular weight is 532 g/mol. The Morgan fingerprint density at radius 2 is 1.18 bits per heavy atom. The van der Waals surface area contributed by atoms with Crippen LogP contribution in [-0.4, -0.2) is 103 Å². The van der Waals surface area contributed by atoms with Crippen molar-refractivity contribution in [2.75, 3.05) is 65.9 Å². The van der Waals surface area contributed by atoms with Crippen LogP contribution >= 0.6 is 0 Å². The molecule has 3 rings (SSSR count). The zero-order valence-electron chi connectivity index (χ0n) is 21.6. The maximum absolute atomic E-state index is 11.2. The minimum Gasteiger partial charge on any atom is -0.477 e. The first kappa shape index (κ1) is 29.6. The molecule has 0 aliphatic carbocycles. The van der Waals surface area contributed by atoms with Crippen molar-refractivity contribution in [3.63, 3.8) is 0 Å². The van der Waals surface area contributed by atoms with Crippen molar-refractivity contribution < 1.29 is 38.7 Å². The summed E-state index contributed by atoms with van der Waals surface area (Å²) in [6.45, 7) is 5.78. The van der Waals surface area contributed by atoms with Crippen molar-refractivity contribution in [3.05, 3.63) is 59.2 Å². The maximum atomic E-state index is 11.2. The molecule has 1 saturated heterocycles. The normalized spacial score (nSPS) is 18.3. The van der Waals surface area contributed by atoms with Crippen molar-refractivity contribution in [1.82, 2.24) is 14.9 Å². The predicted octanol–water partition coefficient (Wildman–Crippen LogP) is 2.39. The Morgan fingerprint density at radius 1 is 0.711 bits per heavy atom. The third kappa shape index (κ3) is 11.2. The molecule has 11 nitrogen and oxygen atoms in total. The van der Waals surface area contributed by atoms with Gasteiger partial charge in [0.25, 0.3) is 0 Å². The van der Waals surface area contributed by atoms with Gasteiger partial charge in [-0.2, -0.15) is 0 Å². The Kier molecular flexibility index (Phi) is 13.1. The number of carboxylic acids is 2. The number of aromatic nitrogens is 2. The average Bonchev–Trinajstić information content (AvgIpc) is 2.91. The molecule has 11 heteroatoms. The fourth-order valence-corrected chi connectivity index (χ4v) is 4.07. The molecule has 0 bridgehead atoms. The number of nitrogens with zero attached hydrogens (tertiary/aromatic N) is 3. The van der Waals surface area contributed by atoms with Crippen molar-refractivity contribution in [2.24, 2.45) is 5.92 Å². The lowest BCUT2D eigenvalue weighted by Crippen LogP contribution is -2.32. The number of hydrogen-bond acceptors (Lipinski definition) is 9. The van der Waals surface area contributed by atoms with Gasteiger partial charge in [0.2, 0.25) is 0 Å². The highest BCUT2D eigenvalue weighted by Gasteiger charge is 2.14. The predicted molar refractivity (Wildman–Crippen MR) is 137 cm³/mol. The van der Waals surface area contributed by atoms with Gasteiger partial charge >= 0.3 is 11.9 Å². The molecule has 3 heterocycles. The van der Waals surface area contributed by atoms with Crippen molar-refractivity contribution in [3.8, 4) is 0 Å². The molecule has 0 aromatic carbocycles. The highest BCUT2D eigenvalue weighted by Crippen LogP contribution is 2.16. The first-order valence-electron chi connectivity index (χ1n) is 12.9. The van der Waals surface area contributed by atoms with Gasteiger partial charge in [-0.1, -0.05) is 12.1 Å². The second-order valence-corrected chi connectivity index (χ2v) is 9.01. The van der Waals surface area contributed by atoms with E-state index < -0.39 is 11.9 Å². The number of ether oxygens (including phenoxy) is 4. The molecule has 208 valence electrons. The van der Waals surface area contributed by atoms with Gasteiger partial charge in [-0.05, 0) is 49.4 Å². The van der Waals surface area contributed by atoms with E-state index >= 15 is 0 Å². The fourth-order valence-electron chi connectivity index (χ4n) is 4.07. The highest BCUT2D eigenvalue weighted by molar-refractivity contribution is 5.85. The van der Waals surface area contributed by atoms with Crippen LogP contribution in [0.15, 0.2) is 36.4 Å². The summed E-state index contributed by atoms with van der Waals surface area (Å²) < 4.78 is 23.1. The van der Waals surface area contributed by atoms with E-state index in [1.54, 1.807) is 12.1 Å². The Balaban J connectivity index is 1.48. The van der Waals surface area contributed by atoms with Crippen LogP contribution in [0.2, 0.25) is 0 Å². The standard InChI is InChI=1S/C27H37N3O8/c31-26(32)24-5-1-3-22(28-24)19-21-7-11-35-15-17-37-13-9-30(10-14-38-18-16-36-12-8-21)20-23-4-2-6-25(29-23)27(33)34/h1-6,21H,7-20H2,(H,31,32)(H,33,34). The lowest BCUT2D eigenvalue weighted by molar-refractivity contribution is 0.0124. The molecular formula is C27H37N3O8. The largest absolute Gasteiger partial charge is 0.477 e. The molecule has 2 N–H and O–H groups in total. The molecular weight excluding hydrogens is 494 g/mol.